The van der Waals surface area contributed by atoms with Crippen LogP contribution in [0.1, 0.15) is 56.2 Å². The van der Waals surface area contributed by atoms with E-state index in [4.69, 9.17) is 4.74 Å². The second kappa shape index (κ2) is 4.65. The lowest BCUT2D eigenvalue weighted by atomic mass is 9.89. The third kappa shape index (κ3) is 2.31. The molecule has 0 fully saturated rings. The van der Waals surface area contributed by atoms with Gasteiger partial charge in [0.15, 0.2) is 0 Å². The highest BCUT2D eigenvalue weighted by Crippen LogP contribution is 2.32. The van der Waals surface area contributed by atoms with Crippen LogP contribution in [-0.4, -0.2) is 12.1 Å². The summed E-state index contributed by atoms with van der Waals surface area (Å²) in [7, 11) is 1.68. The van der Waals surface area contributed by atoms with Crippen molar-refractivity contribution < 1.29 is 4.74 Å². The Hall–Kier alpha value is -1.05. The van der Waals surface area contributed by atoms with Crippen molar-refractivity contribution in [2.24, 2.45) is 0 Å². The molecule has 0 aromatic carbocycles. The minimum absolute atomic E-state index is 0.513. The Morgan fingerprint density at radius 3 is 2.13 bits per heavy atom. The molecule has 1 aromatic heterocycles. The average molecular weight is 207 g/mol. The van der Waals surface area contributed by atoms with Gasteiger partial charge in [0.1, 0.15) is 0 Å². The lowest BCUT2D eigenvalue weighted by molar-refractivity contribution is 0.393. The van der Waals surface area contributed by atoms with Crippen LogP contribution in [0.25, 0.3) is 0 Å². The zero-order valence-corrected chi connectivity index (χ0v) is 10.6. The van der Waals surface area contributed by atoms with Crippen LogP contribution in [0.15, 0.2) is 6.20 Å². The molecule has 0 unspecified atom stereocenters. The molecule has 1 aromatic rings. The first kappa shape index (κ1) is 12.0. The minimum atomic E-state index is 0.513. The molecule has 0 aliphatic heterocycles. The van der Waals surface area contributed by atoms with Crippen molar-refractivity contribution in [1.82, 2.24) is 4.98 Å². The van der Waals surface area contributed by atoms with Crippen LogP contribution in [0.4, 0.5) is 0 Å². The Bertz CT molecular complexity index is 343. The zero-order chi connectivity index (χ0) is 11.6. The predicted octanol–water partition coefficient (Wildman–Crippen LogP) is 3.65. The van der Waals surface area contributed by atoms with Crippen LogP contribution in [0.2, 0.25) is 0 Å². The lowest BCUT2D eigenvalue weighted by Gasteiger charge is -2.19. The summed E-state index contributed by atoms with van der Waals surface area (Å²) in [6.45, 7) is 10.9. The van der Waals surface area contributed by atoms with Gasteiger partial charge in [0, 0.05) is 11.8 Å². The standard InChI is InChI=1S/C13H21NO/c1-8(2)11-7-14-13(15-6)10(5)12(11)9(3)4/h7-9H,1-6H3. The number of aromatic nitrogens is 1. The third-order valence-electron chi connectivity index (χ3n) is 2.75. The van der Waals surface area contributed by atoms with Crippen LogP contribution in [0.5, 0.6) is 5.88 Å². The second-order valence-corrected chi connectivity index (χ2v) is 4.57. The van der Waals surface area contributed by atoms with Crippen LogP contribution in [-0.2, 0) is 0 Å². The maximum atomic E-state index is 5.26. The van der Waals surface area contributed by atoms with E-state index in [1.165, 1.54) is 16.7 Å². The predicted molar refractivity (Wildman–Crippen MR) is 63.7 cm³/mol. The summed E-state index contributed by atoms with van der Waals surface area (Å²) in [5.74, 6) is 1.78. The largest absolute Gasteiger partial charge is 0.481 e. The highest BCUT2D eigenvalue weighted by Gasteiger charge is 2.16. The fraction of sp³-hybridized carbons (Fsp3) is 0.615. The van der Waals surface area contributed by atoms with E-state index in [0.717, 1.165) is 5.88 Å². The first-order valence-electron chi connectivity index (χ1n) is 5.52. The molecule has 1 heterocycles. The van der Waals surface area contributed by atoms with Crippen molar-refractivity contribution in [1.29, 1.82) is 0 Å². The molecule has 15 heavy (non-hydrogen) atoms. The molecule has 0 aliphatic carbocycles. The number of nitrogens with zero attached hydrogens (tertiary/aromatic N) is 1. The first-order chi connectivity index (χ1) is 6.99. The number of pyridine rings is 1. The number of rotatable bonds is 3. The smallest absolute Gasteiger partial charge is 0.216 e. The summed E-state index contributed by atoms with van der Waals surface area (Å²) < 4.78 is 5.26. The Morgan fingerprint density at radius 2 is 1.73 bits per heavy atom. The van der Waals surface area contributed by atoms with E-state index < -0.39 is 0 Å². The lowest BCUT2D eigenvalue weighted by Crippen LogP contribution is -2.05. The van der Waals surface area contributed by atoms with E-state index in [1.54, 1.807) is 7.11 Å². The van der Waals surface area contributed by atoms with Crippen LogP contribution in [0.3, 0.4) is 0 Å². The van der Waals surface area contributed by atoms with E-state index in [9.17, 15) is 0 Å². The van der Waals surface area contributed by atoms with Crippen molar-refractivity contribution in [3.8, 4) is 5.88 Å². The Balaban J connectivity index is 3.37. The summed E-state index contributed by atoms with van der Waals surface area (Å²) >= 11 is 0. The maximum absolute atomic E-state index is 5.26. The third-order valence-corrected chi connectivity index (χ3v) is 2.75. The van der Waals surface area contributed by atoms with Crippen LogP contribution >= 0.6 is 0 Å². The van der Waals surface area contributed by atoms with Gasteiger partial charge >= 0.3 is 0 Å². The molecule has 1 rings (SSSR count). The van der Waals surface area contributed by atoms with Gasteiger partial charge in [-0.15, -0.1) is 0 Å². The molecule has 0 amide bonds. The highest BCUT2D eigenvalue weighted by atomic mass is 16.5. The van der Waals surface area contributed by atoms with Gasteiger partial charge < -0.3 is 4.74 Å². The molecule has 0 N–H and O–H groups in total. The van der Waals surface area contributed by atoms with E-state index >= 15 is 0 Å². The van der Waals surface area contributed by atoms with Crippen LogP contribution in [0, 0.1) is 6.92 Å². The van der Waals surface area contributed by atoms with E-state index in [2.05, 4.69) is 39.6 Å². The molecule has 0 spiro atoms. The maximum Gasteiger partial charge on any atom is 0.216 e. The average Bonchev–Trinajstić information content (AvgIpc) is 2.16. The highest BCUT2D eigenvalue weighted by molar-refractivity contribution is 5.42. The quantitative estimate of drug-likeness (QED) is 0.754. The molecule has 0 saturated carbocycles. The van der Waals surface area contributed by atoms with Crippen molar-refractivity contribution >= 4 is 0 Å². The SMILES string of the molecule is COc1ncc(C(C)C)c(C(C)C)c1C. The van der Waals surface area contributed by atoms with Gasteiger partial charge in [-0.1, -0.05) is 27.7 Å². The van der Waals surface area contributed by atoms with Gasteiger partial charge in [0.05, 0.1) is 7.11 Å². The van der Waals surface area contributed by atoms with E-state index in [1.807, 2.05) is 6.20 Å². The number of methoxy groups -OCH3 is 1. The van der Waals surface area contributed by atoms with Crippen LogP contribution < -0.4 is 4.74 Å². The van der Waals surface area contributed by atoms with E-state index in [-0.39, 0.29) is 0 Å². The van der Waals surface area contributed by atoms with Gasteiger partial charge in [0.2, 0.25) is 5.88 Å². The molecule has 2 heteroatoms. The molecule has 0 saturated heterocycles. The number of hydrogen-bond acceptors (Lipinski definition) is 2. The van der Waals surface area contributed by atoms with E-state index in [0.29, 0.717) is 11.8 Å². The summed E-state index contributed by atoms with van der Waals surface area (Å²) in [6.07, 6.45) is 1.95. The minimum Gasteiger partial charge on any atom is -0.481 e. The van der Waals surface area contributed by atoms with Crippen molar-refractivity contribution in [3.63, 3.8) is 0 Å². The summed E-state index contributed by atoms with van der Waals surface area (Å²) in [5.41, 5.74) is 3.90. The molecule has 2 nitrogen and oxygen atoms in total. The Morgan fingerprint density at radius 1 is 1.13 bits per heavy atom. The monoisotopic (exact) mass is 207 g/mol. The summed E-state index contributed by atoms with van der Waals surface area (Å²) in [6, 6.07) is 0. The topological polar surface area (TPSA) is 22.1 Å². The number of ether oxygens (including phenoxy) is 1. The van der Waals surface area contributed by atoms with Crippen molar-refractivity contribution in [3.05, 3.63) is 22.9 Å². The molecular weight excluding hydrogens is 186 g/mol. The van der Waals surface area contributed by atoms with Gasteiger partial charge in [-0.25, -0.2) is 4.98 Å². The molecule has 0 bridgehead atoms. The number of hydrogen-bond donors (Lipinski definition) is 0. The normalized spacial score (nSPS) is 11.2. The fourth-order valence-corrected chi connectivity index (χ4v) is 2.06. The Labute approximate surface area is 92.7 Å². The first-order valence-corrected chi connectivity index (χ1v) is 5.52. The molecule has 0 atom stereocenters. The van der Waals surface area contributed by atoms with Gasteiger partial charge in [-0.2, -0.15) is 0 Å². The van der Waals surface area contributed by atoms with Gasteiger partial charge in [-0.3, -0.25) is 0 Å². The van der Waals surface area contributed by atoms with Gasteiger partial charge in [-0.05, 0) is 29.9 Å². The molecule has 0 aliphatic rings. The molecular formula is C13H21NO. The van der Waals surface area contributed by atoms with Gasteiger partial charge in [0.25, 0.3) is 0 Å². The molecule has 84 valence electrons. The van der Waals surface area contributed by atoms with Crippen molar-refractivity contribution in [2.75, 3.05) is 7.11 Å². The zero-order valence-electron chi connectivity index (χ0n) is 10.6. The summed E-state index contributed by atoms with van der Waals surface area (Å²) in [4.78, 5) is 4.34. The second-order valence-electron chi connectivity index (χ2n) is 4.57. The van der Waals surface area contributed by atoms with Crippen molar-refractivity contribution in [2.45, 2.75) is 46.5 Å². The fourth-order valence-electron chi connectivity index (χ4n) is 2.06. The summed E-state index contributed by atoms with van der Waals surface area (Å²) in [5, 5.41) is 0. The Kier molecular flexibility index (Phi) is 3.72. The molecule has 0 radical (unpaired) electrons.